The third-order valence-electron chi connectivity index (χ3n) is 1.74. The van der Waals surface area contributed by atoms with Gasteiger partial charge in [-0.1, -0.05) is 0 Å². The van der Waals surface area contributed by atoms with E-state index >= 15 is 0 Å². The minimum absolute atomic E-state index is 0.772. The summed E-state index contributed by atoms with van der Waals surface area (Å²) < 4.78 is 9.30. The molecule has 0 radical (unpaired) electrons. The smallest absolute Gasteiger partial charge is 0.303 e. The van der Waals surface area contributed by atoms with E-state index in [2.05, 4.69) is 19.1 Å². The van der Waals surface area contributed by atoms with Crippen LogP contribution in [0, 0.1) is 20.2 Å². The average Bonchev–Trinajstić information content (AvgIpc) is 2.28. The van der Waals surface area contributed by atoms with Crippen molar-refractivity contribution in [1.82, 2.24) is 0 Å². The molecule has 0 heterocycles. The molecule has 12 nitrogen and oxygen atoms in total. The fourth-order valence-electron chi connectivity index (χ4n) is 1.13. The number of ether oxygens (including phenoxy) is 2. The third-order valence-corrected chi connectivity index (χ3v) is 1.74. The van der Waals surface area contributed by atoms with E-state index in [1.807, 2.05) is 0 Å². The van der Waals surface area contributed by atoms with E-state index in [1.54, 1.807) is 0 Å². The van der Waals surface area contributed by atoms with Crippen LogP contribution >= 0.6 is 0 Å². The molecule has 114 valence electrons. The van der Waals surface area contributed by atoms with E-state index in [0.29, 0.717) is 0 Å². The molecule has 0 saturated carbocycles. The Morgan fingerprint density at radius 2 is 1.20 bits per heavy atom. The van der Waals surface area contributed by atoms with Gasteiger partial charge in [-0.15, -0.1) is 20.2 Å². The Balaban J connectivity index is 4.83. The number of nitrogens with zero attached hydrogens (tertiary/aromatic N) is 2. The first-order valence-corrected chi connectivity index (χ1v) is 5.11. The summed E-state index contributed by atoms with van der Waals surface area (Å²) in [5.41, 5.74) is 0. The molecule has 0 aromatic carbocycles. The number of rotatable bonds is 9. The highest BCUT2D eigenvalue weighted by Crippen LogP contribution is 2.08. The Labute approximate surface area is 111 Å². The van der Waals surface area contributed by atoms with Gasteiger partial charge in [0.15, 0.2) is 12.2 Å². The molecule has 0 saturated heterocycles. The summed E-state index contributed by atoms with van der Waals surface area (Å²) in [6, 6.07) is 0. The van der Waals surface area contributed by atoms with Crippen molar-refractivity contribution in [2.75, 3.05) is 13.2 Å². The molecule has 0 aromatic rings. The largest absolute Gasteiger partial charge is 0.456 e. The molecular weight excluding hydrogens is 284 g/mol. The second-order valence-electron chi connectivity index (χ2n) is 3.33. The molecule has 2 atom stereocenters. The molecule has 0 aliphatic heterocycles. The minimum Gasteiger partial charge on any atom is -0.456 e. The van der Waals surface area contributed by atoms with Crippen molar-refractivity contribution in [2.24, 2.45) is 0 Å². The predicted molar refractivity (Wildman–Crippen MR) is 57.0 cm³/mol. The van der Waals surface area contributed by atoms with Gasteiger partial charge in [-0.25, -0.2) is 0 Å². The van der Waals surface area contributed by atoms with Crippen LogP contribution in [0.2, 0.25) is 0 Å². The lowest BCUT2D eigenvalue weighted by atomic mass is 10.2. The second kappa shape index (κ2) is 8.44. The maximum absolute atomic E-state index is 10.9. The Morgan fingerprint density at radius 1 is 0.900 bits per heavy atom. The van der Waals surface area contributed by atoms with Gasteiger partial charge in [-0.3, -0.25) is 9.59 Å². The molecule has 20 heavy (non-hydrogen) atoms. The highest BCUT2D eigenvalue weighted by molar-refractivity contribution is 5.67. The van der Waals surface area contributed by atoms with Gasteiger partial charge in [-0.2, -0.15) is 0 Å². The molecule has 0 aliphatic carbocycles. The maximum Gasteiger partial charge on any atom is 0.303 e. The van der Waals surface area contributed by atoms with E-state index in [4.69, 9.17) is 0 Å². The van der Waals surface area contributed by atoms with Gasteiger partial charge in [0.25, 0.3) is 10.2 Å². The zero-order chi connectivity index (χ0) is 15.7. The Kier molecular flexibility index (Phi) is 7.32. The first kappa shape index (κ1) is 17.3. The van der Waals surface area contributed by atoms with Gasteiger partial charge in [0.2, 0.25) is 0 Å². The number of hydrogen-bond donors (Lipinski definition) is 0. The number of carbonyl (C=O) groups excluding carboxylic acids is 2. The van der Waals surface area contributed by atoms with Gasteiger partial charge in [0, 0.05) is 13.8 Å². The quantitative estimate of drug-likeness (QED) is 0.301. The van der Waals surface area contributed by atoms with Crippen LogP contribution in [0.1, 0.15) is 13.8 Å². The van der Waals surface area contributed by atoms with Crippen molar-refractivity contribution < 1.29 is 38.9 Å². The molecule has 0 bridgehead atoms. The number of carbonyl (C=O) groups is 2. The molecule has 12 heteroatoms. The molecule has 0 fully saturated rings. The summed E-state index contributed by atoms with van der Waals surface area (Å²) in [6.45, 7) is 0.452. The van der Waals surface area contributed by atoms with Crippen molar-refractivity contribution in [2.45, 2.75) is 26.1 Å². The summed E-state index contributed by atoms with van der Waals surface area (Å²) in [6.07, 6.45) is -2.86. The van der Waals surface area contributed by atoms with Crippen LogP contribution in [-0.2, 0) is 28.7 Å². The van der Waals surface area contributed by atoms with Crippen molar-refractivity contribution in [3.63, 3.8) is 0 Å². The molecule has 0 unspecified atom stereocenters. The van der Waals surface area contributed by atoms with Crippen LogP contribution in [0.25, 0.3) is 0 Å². The lowest BCUT2D eigenvalue weighted by Crippen LogP contribution is -2.41. The minimum atomic E-state index is -1.43. The summed E-state index contributed by atoms with van der Waals surface area (Å²) in [7, 11) is 0. The van der Waals surface area contributed by atoms with Gasteiger partial charge in [0.05, 0.1) is 0 Å². The Hall–Kier alpha value is -2.66. The molecule has 0 N–H and O–H groups in total. The highest BCUT2D eigenvalue weighted by Gasteiger charge is 2.29. The van der Waals surface area contributed by atoms with Crippen LogP contribution in [-0.4, -0.2) is 47.5 Å². The van der Waals surface area contributed by atoms with E-state index in [1.165, 1.54) is 0 Å². The molecule has 0 amide bonds. The Bertz CT molecular complexity index is 347. The van der Waals surface area contributed by atoms with Crippen molar-refractivity contribution in [1.29, 1.82) is 0 Å². The van der Waals surface area contributed by atoms with Crippen LogP contribution < -0.4 is 0 Å². The standard InChI is InChI=1S/C8H12N2O10/c1-5(11)19-7(3-17-9(13)14)8(20-6(2)12)4-18-10(15)16/h7-8H,3-4H2,1-2H3/t7-,8-/m1/s1. The van der Waals surface area contributed by atoms with Gasteiger partial charge in [-0.05, 0) is 0 Å². The zero-order valence-corrected chi connectivity index (χ0v) is 10.5. The van der Waals surface area contributed by atoms with E-state index in [-0.39, 0.29) is 0 Å². The van der Waals surface area contributed by atoms with Gasteiger partial charge < -0.3 is 19.1 Å². The summed E-state index contributed by atoms with van der Waals surface area (Å²) in [5, 5.41) is 17.9. The molecule has 0 aromatic heterocycles. The zero-order valence-electron chi connectivity index (χ0n) is 10.5. The third kappa shape index (κ3) is 8.43. The van der Waals surface area contributed by atoms with Gasteiger partial charge in [0.1, 0.15) is 13.2 Å². The monoisotopic (exact) mass is 296 g/mol. The van der Waals surface area contributed by atoms with E-state index in [9.17, 15) is 29.8 Å². The predicted octanol–water partition coefficient (Wildman–Crippen LogP) is -0.734. The SMILES string of the molecule is CC(=O)O[C@H](CO[N+](=O)[O-])[C@@H](CO[N+](=O)[O-])OC(C)=O. The van der Waals surface area contributed by atoms with Crippen LogP contribution in [0.4, 0.5) is 0 Å². The summed E-state index contributed by atoms with van der Waals surface area (Å²) in [5.74, 6) is -1.69. The maximum atomic E-state index is 10.9. The van der Waals surface area contributed by atoms with E-state index < -0.39 is 47.5 Å². The number of hydrogen-bond acceptors (Lipinski definition) is 10. The second-order valence-corrected chi connectivity index (χ2v) is 3.33. The number of esters is 2. The van der Waals surface area contributed by atoms with Crippen LogP contribution in [0.5, 0.6) is 0 Å². The fraction of sp³-hybridized carbons (Fsp3) is 0.750. The first-order valence-electron chi connectivity index (χ1n) is 5.11. The van der Waals surface area contributed by atoms with Crippen molar-refractivity contribution in [3.8, 4) is 0 Å². The summed E-state index contributed by atoms with van der Waals surface area (Å²) >= 11 is 0. The van der Waals surface area contributed by atoms with Crippen LogP contribution in [0.3, 0.4) is 0 Å². The van der Waals surface area contributed by atoms with Gasteiger partial charge >= 0.3 is 11.9 Å². The molecule has 0 rings (SSSR count). The highest BCUT2D eigenvalue weighted by atomic mass is 17.0. The lowest BCUT2D eigenvalue weighted by molar-refractivity contribution is -0.763. The molecule has 0 aliphatic rings. The fourth-order valence-corrected chi connectivity index (χ4v) is 1.13. The molecule has 0 spiro atoms. The molecular formula is C8H12N2O10. The van der Waals surface area contributed by atoms with Crippen molar-refractivity contribution in [3.05, 3.63) is 20.2 Å². The van der Waals surface area contributed by atoms with Crippen molar-refractivity contribution >= 4 is 11.9 Å². The normalized spacial score (nSPS) is 12.7. The topological polar surface area (TPSA) is 157 Å². The average molecular weight is 296 g/mol. The first-order chi connectivity index (χ1) is 9.22. The summed E-state index contributed by atoms with van der Waals surface area (Å²) in [4.78, 5) is 49.9. The van der Waals surface area contributed by atoms with E-state index in [0.717, 1.165) is 13.8 Å². The van der Waals surface area contributed by atoms with Crippen LogP contribution in [0.15, 0.2) is 0 Å². The lowest BCUT2D eigenvalue weighted by Gasteiger charge is -2.24. The Morgan fingerprint density at radius 3 is 1.40 bits per heavy atom.